The van der Waals surface area contributed by atoms with Crippen molar-refractivity contribution in [2.24, 2.45) is 0 Å². The van der Waals surface area contributed by atoms with Crippen LogP contribution in [0.15, 0.2) is 53.4 Å². The van der Waals surface area contributed by atoms with Crippen LogP contribution in [0.2, 0.25) is 10.0 Å². The summed E-state index contributed by atoms with van der Waals surface area (Å²) in [5.41, 5.74) is 0.330. The van der Waals surface area contributed by atoms with Crippen LogP contribution in [0.4, 0.5) is 5.69 Å². The monoisotopic (exact) mass is 425 g/mol. The molecule has 0 unspecified atom stereocenters. The van der Waals surface area contributed by atoms with Gasteiger partial charge in [0, 0.05) is 10.0 Å². The number of hydrogen-bond donors (Lipinski definition) is 2. The van der Waals surface area contributed by atoms with Gasteiger partial charge in [0.25, 0.3) is 10.0 Å². The minimum atomic E-state index is -3.61. The molecule has 0 aliphatic heterocycles. The van der Waals surface area contributed by atoms with Gasteiger partial charge in [0.2, 0.25) is 0 Å². The summed E-state index contributed by atoms with van der Waals surface area (Å²) in [6, 6.07) is 12.6. The number of anilines is 1. The molecule has 0 aliphatic carbocycles. The van der Waals surface area contributed by atoms with E-state index in [4.69, 9.17) is 23.2 Å². The summed E-state index contributed by atoms with van der Waals surface area (Å²) in [5, 5.41) is 0.738. The van der Waals surface area contributed by atoms with Crippen molar-refractivity contribution in [3.63, 3.8) is 0 Å². The van der Waals surface area contributed by atoms with Crippen LogP contribution in [0.25, 0.3) is 0 Å². The molecule has 2 aromatic carbocycles. The van der Waals surface area contributed by atoms with Crippen molar-refractivity contribution < 1.29 is 30.8 Å². The third kappa shape index (κ3) is 5.10. The van der Waals surface area contributed by atoms with Gasteiger partial charge in [-0.1, -0.05) is 41.4 Å². The number of nitrogens with one attached hydrogen (secondary N) is 1. The van der Waals surface area contributed by atoms with Gasteiger partial charge in [-0.2, -0.15) is 0 Å². The number of sulfonamides is 1. The van der Waals surface area contributed by atoms with E-state index in [9.17, 15) is 8.42 Å². The van der Waals surface area contributed by atoms with E-state index >= 15 is 0 Å². The molecule has 0 fully saturated rings. The predicted octanol–water partition coefficient (Wildman–Crippen LogP) is 3.95. The Bertz CT molecular complexity index is 646. The molecule has 0 aromatic heterocycles. The molecule has 0 heterocycles. The van der Waals surface area contributed by atoms with E-state index in [0.29, 0.717) is 15.7 Å². The van der Waals surface area contributed by atoms with E-state index < -0.39 is 10.0 Å². The average Bonchev–Trinajstić information content (AvgIpc) is 2.28. The second-order valence-corrected chi connectivity index (χ2v) is 6.13. The Labute approximate surface area is 143 Å². The molecule has 20 heavy (non-hydrogen) atoms. The third-order valence-corrected chi connectivity index (χ3v) is 4.00. The first-order valence-electron chi connectivity index (χ1n) is 5.01. The zero-order valence-corrected chi connectivity index (χ0v) is 13.9. The van der Waals surface area contributed by atoms with Crippen molar-refractivity contribution >= 4 is 38.9 Å². The smallest absolute Gasteiger partial charge is 0.344 e. The number of hydrogen-bond acceptors (Lipinski definition) is 3. The number of halogens is 2. The second kappa shape index (κ2) is 8.05. The normalized spacial score (nSPS) is 10.1. The van der Waals surface area contributed by atoms with E-state index in [1.807, 2.05) is 0 Å². The van der Waals surface area contributed by atoms with Crippen LogP contribution in [-0.2, 0) is 32.4 Å². The van der Waals surface area contributed by atoms with E-state index in [1.165, 1.54) is 30.3 Å². The largest absolute Gasteiger partial charge is 1.00 e. The second-order valence-electron chi connectivity index (χ2n) is 3.58. The number of benzene rings is 2. The van der Waals surface area contributed by atoms with Crippen molar-refractivity contribution in [1.82, 2.24) is 6.15 Å². The van der Waals surface area contributed by atoms with Crippen LogP contribution in [0.5, 0.6) is 0 Å². The first-order chi connectivity index (χ1) is 8.47. The molecule has 4 nitrogen and oxygen atoms in total. The van der Waals surface area contributed by atoms with Gasteiger partial charge in [0.1, 0.15) is 0 Å². The van der Waals surface area contributed by atoms with Gasteiger partial charge in [-0.05, 0) is 30.3 Å². The van der Waals surface area contributed by atoms with E-state index in [1.54, 1.807) is 18.2 Å². The van der Waals surface area contributed by atoms with Crippen molar-refractivity contribution in [3.8, 4) is 0 Å². The quantitative estimate of drug-likeness (QED) is 0.729. The van der Waals surface area contributed by atoms with Crippen molar-refractivity contribution in [1.29, 1.82) is 0 Å². The minimum absolute atomic E-state index is 0. The van der Waals surface area contributed by atoms with E-state index in [-0.39, 0.29) is 33.4 Å². The Morgan fingerprint density at radius 3 is 1.90 bits per heavy atom. The van der Waals surface area contributed by atoms with E-state index in [2.05, 4.69) is 4.72 Å². The molecule has 8 heteroatoms. The fourth-order valence-corrected chi connectivity index (χ4v) is 3.01. The fraction of sp³-hybridized carbons (Fsp3) is 0. The van der Waals surface area contributed by atoms with Crippen LogP contribution >= 0.6 is 23.2 Å². The van der Waals surface area contributed by atoms with Crippen LogP contribution < -0.4 is 10.9 Å². The molecular weight excluding hydrogens is 415 g/mol. The summed E-state index contributed by atoms with van der Waals surface area (Å²) in [5.74, 6) is 0. The van der Waals surface area contributed by atoms with Gasteiger partial charge in [-0.3, -0.25) is 4.72 Å². The van der Waals surface area contributed by atoms with Crippen molar-refractivity contribution in [2.45, 2.75) is 4.90 Å². The molecular formula is C12H12AgCl2N2O2S+. The Morgan fingerprint density at radius 2 is 1.40 bits per heavy atom. The topological polar surface area (TPSA) is 81.2 Å². The standard InChI is InChI=1S/C12H9Cl2NO2S.Ag.H3N/c13-9-6-10(14)8-11(7-9)15-18(16,17)12-4-2-1-3-5-12;;/h1-8,15H;;1H3/q;+1;. The Morgan fingerprint density at radius 1 is 0.900 bits per heavy atom. The summed E-state index contributed by atoms with van der Waals surface area (Å²) in [6.07, 6.45) is 0. The Hall–Kier alpha value is -0.530. The minimum Gasteiger partial charge on any atom is -0.344 e. The maximum Gasteiger partial charge on any atom is 1.00 e. The fourth-order valence-electron chi connectivity index (χ4n) is 1.43. The third-order valence-electron chi connectivity index (χ3n) is 2.17. The molecule has 0 aliphatic rings. The average molecular weight is 427 g/mol. The van der Waals surface area contributed by atoms with Crippen LogP contribution in [0.1, 0.15) is 0 Å². The molecule has 0 radical (unpaired) electrons. The molecule has 4 N–H and O–H groups in total. The van der Waals surface area contributed by atoms with Crippen LogP contribution in [0.3, 0.4) is 0 Å². The summed E-state index contributed by atoms with van der Waals surface area (Å²) in [4.78, 5) is 0.182. The summed E-state index contributed by atoms with van der Waals surface area (Å²) < 4.78 is 26.5. The predicted molar refractivity (Wildman–Crippen MR) is 78.7 cm³/mol. The first-order valence-corrected chi connectivity index (χ1v) is 7.25. The molecule has 2 rings (SSSR count). The maximum atomic E-state index is 12.0. The SMILES string of the molecule is N.O=S(=O)(Nc1cc(Cl)cc(Cl)c1)c1ccccc1.[Ag+]. The molecule has 0 amide bonds. The molecule has 0 bridgehead atoms. The van der Waals surface area contributed by atoms with Crippen LogP contribution in [-0.4, -0.2) is 8.42 Å². The van der Waals surface area contributed by atoms with Gasteiger partial charge in [-0.15, -0.1) is 0 Å². The van der Waals surface area contributed by atoms with E-state index in [0.717, 1.165) is 0 Å². The van der Waals surface area contributed by atoms with Gasteiger partial charge >= 0.3 is 22.4 Å². The number of rotatable bonds is 3. The summed E-state index contributed by atoms with van der Waals surface area (Å²) >= 11 is 11.6. The maximum absolute atomic E-state index is 12.0. The van der Waals surface area contributed by atoms with Crippen LogP contribution in [0, 0.1) is 0 Å². The molecule has 0 atom stereocenters. The molecule has 0 saturated heterocycles. The van der Waals surface area contributed by atoms with Crippen molar-refractivity contribution in [3.05, 3.63) is 58.6 Å². The molecule has 0 saturated carbocycles. The van der Waals surface area contributed by atoms with Gasteiger partial charge in [0.15, 0.2) is 0 Å². The zero-order valence-electron chi connectivity index (χ0n) is 10.1. The molecule has 112 valence electrons. The molecule has 2 aromatic rings. The Kier molecular flexibility index (Phi) is 7.83. The molecule has 0 spiro atoms. The summed E-state index contributed by atoms with van der Waals surface area (Å²) in [6.45, 7) is 0. The van der Waals surface area contributed by atoms with Gasteiger partial charge in [0.05, 0.1) is 10.6 Å². The zero-order chi connectivity index (χ0) is 13.2. The van der Waals surface area contributed by atoms with Gasteiger partial charge < -0.3 is 6.15 Å². The van der Waals surface area contributed by atoms with Crippen molar-refractivity contribution in [2.75, 3.05) is 4.72 Å². The summed E-state index contributed by atoms with van der Waals surface area (Å²) in [7, 11) is -3.61. The Balaban J connectivity index is 0.00000180. The first kappa shape index (κ1) is 19.5. The van der Waals surface area contributed by atoms with Gasteiger partial charge in [-0.25, -0.2) is 8.42 Å².